The minimum absolute atomic E-state index is 0.0247. The third-order valence-corrected chi connectivity index (χ3v) is 6.44. The molecule has 0 atom stereocenters. The van der Waals surface area contributed by atoms with E-state index in [1.165, 1.54) is 24.3 Å². The molecule has 0 aliphatic carbocycles. The number of benzene rings is 2. The normalized spacial score (nSPS) is 13.9. The fourth-order valence-electron chi connectivity index (χ4n) is 4.48. The van der Waals surface area contributed by atoms with Gasteiger partial charge in [0.1, 0.15) is 11.5 Å². The number of H-pyrrole nitrogens is 1. The van der Waals surface area contributed by atoms with E-state index in [-0.39, 0.29) is 30.0 Å². The zero-order chi connectivity index (χ0) is 28.7. The first-order valence-electron chi connectivity index (χ1n) is 13.2. The minimum atomic E-state index is -4.56. The number of aromatic nitrogens is 2. The summed E-state index contributed by atoms with van der Waals surface area (Å²) in [4.78, 5) is 21.7. The predicted octanol–water partition coefficient (Wildman–Crippen LogP) is 5.87. The van der Waals surface area contributed by atoms with Crippen LogP contribution in [0, 0.1) is 5.82 Å². The van der Waals surface area contributed by atoms with Gasteiger partial charge in [0.15, 0.2) is 0 Å². The number of hydrogen-bond donors (Lipinski definition) is 4. The SMILES string of the molecule is CC.O=C(CNc1ccc(-c2cnc3[nH]ccc3c2)cc1F)Nc1ccc(CN2CCNCC2)c(C(F)(F)F)c1. The van der Waals surface area contributed by atoms with E-state index >= 15 is 0 Å². The minimum Gasteiger partial charge on any atom is -0.374 e. The van der Waals surface area contributed by atoms with Gasteiger partial charge in [-0.15, -0.1) is 0 Å². The Hall–Kier alpha value is -3.96. The van der Waals surface area contributed by atoms with Gasteiger partial charge >= 0.3 is 6.18 Å². The number of amides is 1. The number of hydrogen-bond acceptors (Lipinski definition) is 5. The maximum absolute atomic E-state index is 14.7. The van der Waals surface area contributed by atoms with Gasteiger partial charge in [-0.05, 0) is 47.5 Å². The number of carbonyl (C=O) groups excluding carboxylic acids is 1. The Kier molecular flexibility index (Phi) is 9.38. The lowest BCUT2D eigenvalue weighted by molar-refractivity contribution is -0.138. The lowest BCUT2D eigenvalue weighted by atomic mass is 10.0. The summed E-state index contributed by atoms with van der Waals surface area (Å²) in [6.07, 6.45) is -1.15. The molecule has 1 fully saturated rings. The van der Waals surface area contributed by atoms with Crippen LogP contribution in [0.3, 0.4) is 0 Å². The molecule has 2 aromatic carbocycles. The van der Waals surface area contributed by atoms with Gasteiger partial charge in [-0.2, -0.15) is 13.2 Å². The molecular formula is C29H32F4N6O. The van der Waals surface area contributed by atoms with Crippen molar-refractivity contribution >= 4 is 28.3 Å². The molecule has 0 radical (unpaired) electrons. The Morgan fingerprint density at radius 3 is 2.52 bits per heavy atom. The molecule has 0 bridgehead atoms. The van der Waals surface area contributed by atoms with Gasteiger partial charge in [-0.25, -0.2) is 9.37 Å². The van der Waals surface area contributed by atoms with Gasteiger partial charge in [0.05, 0.1) is 17.8 Å². The smallest absolute Gasteiger partial charge is 0.374 e. The number of nitrogens with one attached hydrogen (secondary N) is 4. The van der Waals surface area contributed by atoms with Crippen molar-refractivity contribution in [2.24, 2.45) is 0 Å². The van der Waals surface area contributed by atoms with Crippen molar-refractivity contribution in [1.29, 1.82) is 0 Å². The molecule has 7 nitrogen and oxygen atoms in total. The largest absolute Gasteiger partial charge is 0.416 e. The third-order valence-electron chi connectivity index (χ3n) is 6.44. The fourth-order valence-corrected chi connectivity index (χ4v) is 4.48. The number of pyridine rings is 1. The number of aromatic amines is 1. The zero-order valence-corrected chi connectivity index (χ0v) is 22.3. The van der Waals surface area contributed by atoms with Crippen LogP contribution >= 0.6 is 0 Å². The molecule has 212 valence electrons. The van der Waals surface area contributed by atoms with E-state index in [1.54, 1.807) is 18.5 Å². The second-order valence-corrected chi connectivity index (χ2v) is 9.13. The van der Waals surface area contributed by atoms with Crippen LogP contribution in [0.1, 0.15) is 25.0 Å². The summed E-state index contributed by atoms with van der Waals surface area (Å²) >= 11 is 0. The maximum atomic E-state index is 14.7. The average Bonchev–Trinajstić information content (AvgIpc) is 3.42. The number of fused-ring (bicyclic) bond motifs is 1. The van der Waals surface area contributed by atoms with E-state index in [2.05, 4.69) is 25.9 Å². The molecule has 2 aromatic heterocycles. The van der Waals surface area contributed by atoms with E-state index < -0.39 is 23.5 Å². The summed E-state index contributed by atoms with van der Waals surface area (Å²) in [5.74, 6) is -1.17. The molecule has 1 aliphatic rings. The van der Waals surface area contributed by atoms with Crippen molar-refractivity contribution in [3.8, 4) is 11.1 Å². The second kappa shape index (κ2) is 12.9. The van der Waals surface area contributed by atoms with E-state index in [0.29, 0.717) is 18.7 Å². The highest BCUT2D eigenvalue weighted by Crippen LogP contribution is 2.34. The van der Waals surface area contributed by atoms with Gasteiger partial charge < -0.3 is 20.9 Å². The first-order valence-corrected chi connectivity index (χ1v) is 13.2. The van der Waals surface area contributed by atoms with Crippen LogP contribution in [-0.2, 0) is 17.5 Å². The molecular weight excluding hydrogens is 524 g/mol. The number of halogens is 4. The quantitative estimate of drug-likeness (QED) is 0.214. The summed E-state index contributed by atoms with van der Waals surface area (Å²) in [6, 6.07) is 12.1. The number of alkyl halides is 3. The lowest BCUT2D eigenvalue weighted by Crippen LogP contribution is -2.43. The van der Waals surface area contributed by atoms with E-state index in [1.807, 2.05) is 30.9 Å². The molecule has 4 N–H and O–H groups in total. The van der Waals surface area contributed by atoms with Crippen LogP contribution in [0.2, 0.25) is 0 Å². The van der Waals surface area contributed by atoms with Crippen molar-refractivity contribution in [1.82, 2.24) is 20.2 Å². The van der Waals surface area contributed by atoms with Crippen molar-refractivity contribution < 1.29 is 22.4 Å². The number of nitrogens with zero attached hydrogens (tertiary/aromatic N) is 2. The lowest BCUT2D eigenvalue weighted by Gasteiger charge is -2.28. The predicted molar refractivity (Wildman–Crippen MR) is 150 cm³/mol. The van der Waals surface area contributed by atoms with Gasteiger partial charge in [-0.1, -0.05) is 26.0 Å². The van der Waals surface area contributed by atoms with Crippen LogP contribution in [0.5, 0.6) is 0 Å². The number of piperazine rings is 1. The Morgan fingerprint density at radius 2 is 1.80 bits per heavy atom. The molecule has 5 rings (SSSR count). The highest BCUT2D eigenvalue weighted by molar-refractivity contribution is 5.94. The molecule has 11 heteroatoms. The molecule has 3 heterocycles. The second-order valence-electron chi connectivity index (χ2n) is 9.13. The molecule has 0 unspecified atom stereocenters. The highest BCUT2D eigenvalue weighted by atomic mass is 19.4. The summed E-state index contributed by atoms with van der Waals surface area (Å²) in [5, 5.41) is 9.24. The van der Waals surface area contributed by atoms with Gasteiger partial charge in [0.25, 0.3) is 0 Å². The average molecular weight is 557 g/mol. The van der Waals surface area contributed by atoms with E-state index in [4.69, 9.17) is 0 Å². The summed E-state index contributed by atoms with van der Waals surface area (Å²) in [7, 11) is 0. The van der Waals surface area contributed by atoms with Crippen LogP contribution in [-0.4, -0.2) is 53.5 Å². The topological polar surface area (TPSA) is 85.1 Å². The summed E-state index contributed by atoms with van der Waals surface area (Å²) < 4.78 is 56.0. The first kappa shape index (κ1) is 29.0. The molecule has 1 saturated heterocycles. The molecule has 40 heavy (non-hydrogen) atoms. The third kappa shape index (κ3) is 7.16. The Balaban J connectivity index is 0.00000181. The fraction of sp³-hybridized carbons (Fsp3) is 0.310. The maximum Gasteiger partial charge on any atom is 0.416 e. The highest BCUT2D eigenvalue weighted by Gasteiger charge is 2.34. The molecule has 1 amide bonds. The summed E-state index contributed by atoms with van der Waals surface area (Å²) in [5.41, 5.74) is 1.59. The molecule has 4 aromatic rings. The standard InChI is InChI=1S/C27H26F4N6O.C2H6/c28-23-12-17(20-11-18-5-6-33-26(18)35-14-20)2-4-24(23)34-15-25(38)36-21-3-1-19(22(13-21)27(29,30)31)16-37-9-7-32-8-10-37;1-2/h1-6,11-14,32,34H,7-10,15-16H2,(H,33,35)(H,36,38);1-2H3. The zero-order valence-electron chi connectivity index (χ0n) is 22.3. The number of anilines is 2. The number of carbonyl (C=O) groups is 1. The Morgan fingerprint density at radius 1 is 1.02 bits per heavy atom. The van der Waals surface area contributed by atoms with Crippen molar-refractivity contribution in [3.63, 3.8) is 0 Å². The first-order chi connectivity index (χ1) is 19.3. The Bertz CT molecular complexity index is 1450. The number of rotatable bonds is 7. The van der Waals surface area contributed by atoms with Gasteiger partial charge in [-0.3, -0.25) is 9.69 Å². The molecule has 0 saturated carbocycles. The van der Waals surface area contributed by atoms with Gasteiger partial charge in [0.2, 0.25) is 5.91 Å². The van der Waals surface area contributed by atoms with Gasteiger partial charge in [0, 0.05) is 61.8 Å². The van der Waals surface area contributed by atoms with Crippen LogP contribution in [0.4, 0.5) is 28.9 Å². The molecule has 1 aliphatic heterocycles. The van der Waals surface area contributed by atoms with Crippen molar-refractivity contribution in [3.05, 3.63) is 77.9 Å². The van der Waals surface area contributed by atoms with Crippen molar-refractivity contribution in [2.75, 3.05) is 43.4 Å². The van der Waals surface area contributed by atoms with E-state index in [9.17, 15) is 22.4 Å². The van der Waals surface area contributed by atoms with Crippen molar-refractivity contribution in [2.45, 2.75) is 26.6 Å². The van der Waals surface area contributed by atoms with E-state index in [0.717, 1.165) is 35.8 Å². The monoisotopic (exact) mass is 556 g/mol. The van der Waals surface area contributed by atoms with Crippen LogP contribution in [0.15, 0.2) is 60.9 Å². The van der Waals surface area contributed by atoms with Crippen LogP contribution < -0.4 is 16.0 Å². The Labute approximate surface area is 230 Å². The summed E-state index contributed by atoms with van der Waals surface area (Å²) in [6.45, 7) is 6.64. The van der Waals surface area contributed by atoms with Crippen LogP contribution in [0.25, 0.3) is 22.2 Å². The molecule has 0 spiro atoms.